The van der Waals surface area contributed by atoms with Crippen LogP contribution < -0.4 is 0 Å². The van der Waals surface area contributed by atoms with Crippen LogP contribution >= 0.6 is 0 Å². The molecular formula is C23H20F4O2. The number of hydrogen-bond donors (Lipinski definition) is 1. The Balaban J connectivity index is 1.74. The monoisotopic (exact) mass is 404 g/mol. The Hall–Kier alpha value is -2.86. The highest BCUT2D eigenvalue weighted by atomic mass is 19.2. The largest absolute Gasteiger partial charge is 0.505 e. The van der Waals surface area contributed by atoms with Crippen LogP contribution in [0.4, 0.5) is 17.6 Å². The zero-order valence-corrected chi connectivity index (χ0v) is 15.8. The molecule has 3 aromatic rings. The Bertz CT molecular complexity index is 1000. The van der Waals surface area contributed by atoms with Gasteiger partial charge in [-0.15, -0.1) is 0 Å². The smallest absolute Gasteiger partial charge is 0.200 e. The van der Waals surface area contributed by atoms with Crippen LogP contribution in [0.5, 0.6) is 5.75 Å². The molecule has 0 aliphatic heterocycles. The molecule has 0 aliphatic carbocycles. The maximum absolute atomic E-state index is 14.4. The maximum Gasteiger partial charge on any atom is 0.200 e. The molecule has 0 heterocycles. The predicted molar refractivity (Wildman–Crippen MR) is 103 cm³/mol. The number of rotatable bonds is 7. The number of halogens is 4. The standard InChI is InChI=1S/C23H20F4O2/c1-2-29-13-17-9-11-18(22(26)21(17)25)15-6-3-14(4-7-15)5-8-16-10-12-19(28)23(27)20(16)24/h3-4,6-7,9-12,28H,2,5,8,13H2,1H3. The number of ether oxygens (including phenoxy) is 1. The molecule has 3 rings (SSSR count). The van der Waals surface area contributed by atoms with Crippen molar-refractivity contribution in [2.75, 3.05) is 6.61 Å². The predicted octanol–water partition coefficient (Wildman–Crippen LogP) is 5.94. The summed E-state index contributed by atoms with van der Waals surface area (Å²) >= 11 is 0. The highest BCUT2D eigenvalue weighted by Crippen LogP contribution is 2.28. The summed E-state index contributed by atoms with van der Waals surface area (Å²) in [4.78, 5) is 0. The molecule has 152 valence electrons. The van der Waals surface area contributed by atoms with E-state index in [0.29, 0.717) is 18.6 Å². The molecule has 0 bridgehead atoms. The number of hydrogen-bond acceptors (Lipinski definition) is 2. The number of phenols is 1. The second-order valence-corrected chi connectivity index (χ2v) is 6.61. The van der Waals surface area contributed by atoms with E-state index in [0.717, 1.165) is 11.6 Å². The first-order chi connectivity index (χ1) is 13.9. The number of benzene rings is 3. The van der Waals surface area contributed by atoms with E-state index in [9.17, 15) is 22.7 Å². The number of aryl methyl sites for hydroxylation is 2. The molecule has 1 N–H and O–H groups in total. The third-order valence-corrected chi connectivity index (χ3v) is 4.71. The molecule has 29 heavy (non-hydrogen) atoms. The van der Waals surface area contributed by atoms with Crippen molar-refractivity contribution in [2.24, 2.45) is 0 Å². The summed E-state index contributed by atoms with van der Waals surface area (Å²) in [7, 11) is 0. The van der Waals surface area contributed by atoms with Crippen molar-refractivity contribution in [2.45, 2.75) is 26.4 Å². The van der Waals surface area contributed by atoms with Crippen LogP contribution in [-0.4, -0.2) is 11.7 Å². The Morgan fingerprint density at radius 2 is 1.38 bits per heavy atom. The van der Waals surface area contributed by atoms with Crippen LogP contribution in [-0.2, 0) is 24.2 Å². The lowest BCUT2D eigenvalue weighted by Crippen LogP contribution is -2.00. The highest BCUT2D eigenvalue weighted by molar-refractivity contribution is 5.65. The van der Waals surface area contributed by atoms with Gasteiger partial charge in [-0.1, -0.05) is 42.5 Å². The molecule has 0 spiro atoms. The molecule has 0 aliphatic rings. The summed E-state index contributed by atoms with van der Waals surface area (Å²) in [6, 6.07) is 12.2. The van der Waals surface area contributed by atoms with E-state index in [1.54, 1.807) is 31.2 Å². The lowest BCUT2D eigenvalue weighted by molar-refractivity contribution is 0.131. The summed E-state index contributed by atoms with van der Waals surface area (Å²) in [5.41, 5.74) is 1.79. The van der Waals surface area contributed by atoms with E-state index >= 15 is 0 Å². The Morgan fingerprint density at radius 3 is 2.07 bits per heavy atom. The van der Waals surface area contributed by atoms with Gasteiger partial charge >= 0.3 is 0 Å². The van der Waals surface area contributed by atoms with Gasteiger partial charge in [0.1, 0.15) is 0 Å². The number of phenolic OH excluding ortho intramolecular Hbond substituents is 1. The maximum atomic E-state index is 14.4. The SMILES string of the molecule is CCOCc1ccc(-c2ccc(CCc3ccc(O)c(F)c3F)cc2)c(F)c1F. The van der Waals surface area contributed by atoms with Gasteiger partial charge in [-0.05, 0) is 42.5 Å². The van der Waals surface area contributed by atoms with Crippen LogP contribution in [0.25, 0.3) is 11.1 Å². The fourth-order valence-corrected chi connectivity index (χ4v) is 3.04. The van der Waals surface area contributed by atoms with Gasteiger partial charge in [-0.25, -0.2) is 13.2 Å². The first-order valence-corrected chi connectivity index (χ1v) is 9.22. The first kappa shape index (κ1) is 20.9. The molecule has 0 radical (unpaired) electrons. The minimum absolute atomic E-state index is 0.00683. The summed E-state index contributed by atoms with van der Waals surface area (Å²) in [6.45, 7) is 2.19. The molecule has 0 unspecified atom stereocenters. The van der Waals surface area contributed by atoms with Crippen molar-refractivity contribution in [3.05, 3.63) is 88.5 Å². The topological polar surface area (TPSA) is 29.5 Å². The normalized spacial score (nSPS) is 11.1. The van der Waals surface area contributed by atoms with E-state index in [2.05, 4.69) is 0 Å². The van der Waals surface area contributed by atoms with Crippen molar-refractivity contribution in [1.29, 1.82) is 0 Å². The van der Waals surface area contributed by atoms with Crippen molar-refractivity contribution < 1.29 is 27.4 Å². The summed E-state index contributed by atoms with van der Waals surface area (Å²) < 4.78 is 61.0. The number of aromatic hydroxyl groups is 1. The van der Waals surface area contributed by atoms with Gasteiger partial charge in [0, 0.05) is 17.7 Å². The van der Waals surface area contributed by atoms with Crippen molar-refractivity contribution in [3.63, 3.8) is 0 Å². The second-order valence-electron chi connectivity index (χ2n) is 6.61. The van der Waals surface area contributed by atoms with Crippen LogP contribution in [0.3, 0.4) is 0 Å². The summed E-state index contributed by atoms with van der Waals surface area (Å²) in [5, 5.41) is 9.17. The van der Waals surface area contributed by atoms with Crippen LogP contribution in [0, 0.1) is 23.3 Å². The van der Waals surface area contributed by atoms with Gasteiger partial charge in [-0.3, -0.25) is 0 Å². The van der Waals surface area contributed by atoms with Crippen molar-refractivity contribution in [3.8, 4) is 16.9 Å². The van der Waals surface area contributed by atoms with E-state index in [1.807, 2.05) is 0 Å². The molecular weight excluding hydrogens is 384 g/mol. The van der Waals surface area contributed by atoms with Crippen molar-refractivity contribution in [1.82, 2.24) is 0 Å². The van der Waals surface area contributed by atoms with Crippen LogP contribution in [0.15, 0.2) is 48.5 Å². The molecule has 0 amide bonds. The summed E-state index contributed by atoms with van der Waals surface area (Å²) in [5.74, 6) is -4.91. The quantitative estimate of drug-likeness (QED) is 0.494. The Labute approximate surface area is 166 Å². The van der Waals surface area contributed by atoms with Crippen molar-refractivity contribution >= 4 is 0 Å². The Morgan fingerprint density at radius 1 is 0.724 bits per heavy atom. The highest BCUT2D eigenvalue weighted by Gasteiger charge is 2.15. The zero-order valence-electron chi connectivity index (χ0n) is 15.8. The minimum Gasteiger partial charge on any atom is -0.505 e. The average molecular weight is 404 g/mol. The molecule has 0 saturated heterocycles. The first-order valence-electron chi connectivity index (χ1n) is 9.22. The zero-order chi connectivity index (χ0) is 21.0. The van der Waals surface area contributed by atoms with Gasteiger partial charge in [0.2, 0.25) is 5.82 Å². The van der Waals surface area contributed by atoms with E-state index in [1.165, 1.54) is 18.2 Å². The van der Waals surface area contributed by atoms with Gasteiger partial charge < -0.3 is 9.84 Å². The van der Waals surface area contributed by atoms with E-state index in [-0.39, 0.29) is 29.7 Å². The molecule has 0 aromatic heterocycles. The fraction of sp³-hybridized carbons (Fsp3) is 0.217. The van der Waals surface area contributed by atoms with Crippen LogP contribution in [0.1, 0.15) is 23.6 Å². The third-order valence-electron chi connectivity index (χ3n) is 4.71. The fourth-order valence-electron chi connectivity index (χ4n) is 3.04. The molecule has 0 atom stereocenters. The van der Waals surface area contributed by atoms with Gasteiger partial charge in [0.05, 0.1) is 6.61 Å². The lowest BCUT2D eigenvalue weighted by Gasteiger charge is -2.10. The molecule has 6 heteroatoms. The second kappa shape index (κ2) is 9.09. The molecule has 0 saturated carbocycles. The van der Waals surface area contributed by atoms with Crippen LogP contribution in [0.2, 0.25) is 0 Å². The average Bonchev–Trinajstić information content (AvgIpc) is 2.73. The van der Waals surface area contributed by atoms with Gasteiger partial charge in [0.25, 0.3) is 0 Å². The molecule has 0 fully saturated rings. The Kier molecular flexibility index (Phi) is 6.54. The van der Waals surface area contributed by atoms with Gasteiger partial charge in [-0.2, -0.15) is 4.39 Å². The summed E-state index contributed by atoms with van der Waals surface area (Å²) in [6.07, 6.45) is 0.656. The van der Waals surface area contributed by atoms with E-state index < -0.39 is 29.0 Å². The lowest BCUT2D eigenvalue weighted by atomic mass is 9.99. The third kappa shape index (κ3) is 4.59. The van der Waals surface area contributed by atoms with E-state index in [4.69, 9.17) is 4.74 Å². The molecule has 2 nitrogen and oxygen atoms in total. The minimum atomic E-state index is -1.26. The molecule has 3 aromatic carbocycles. The van der Waals surface area contributed by atoms with Gasteiger partial charge in [0.15, 0.2) is 23.2 Å².